The first-order chi connectivity index (χ1) is 10.2. The fourth-order valence-corrected chi connectivity index (χ4v) is 2.36. The van der Waals surface area contributed by atoms with Crippen molar-refractivity contribution in [1.82, 2.24) is 0 Å². The predicted octanol–water partition coefficient (Wildman–Crippen LogP) is 3.67. The van der Waals surface area contributed by atoms with E-state index in [2.05, 4.69) is 0 Å². The summed E-state index contributed by atoms with van der Waals surface area (Å²) in [7, 11) is 0. The first kappa shape index (κ1) is 14.2. The summed E-state index contributed by atoms with van der Waals surface area (Å²) in [5, 5.41) is 10.5. The van der Waals surface area contributed by atoms with Crippen molar-refractivity contribution in [3.8, 4) is 11.5 Å². The number of hydrogen-bond donors (Lipinski definition) is 1. The lowest BCUT2D eigenvalue weighted by Crippen LogP contribution is -2.00. The van der Waals surface area contributed by atoms with Gasteiger partial charge in [0.25, 0.3) is 0 Å². The molecule has 0 aromatic heterocycles. The van der Waals surface area contributed by atoms with E-state index in [1.165, 1.54) is 6.07 Å². The topological polar surface area (TPSA) is 47.9 Å². The summed E-state index contributed by atoms with van der Waals surface area (Å²) in [6, 6.07) is 12.9. The fourth-order valence-electron chi connectivity index (χ4n) is 2.13. The molecule has 5 heteroatoms. The van der Waals surface area contributed by atoms with Crippen LogP contribution in [0.1, 0.15) is 17.4 Å². The lowest BCUT2D eigenvalue weighted by molar-refractivity contribution is -0.0454. The molecule has 1 aliphatic heterocycles. The zero-order valence-electron chi connectivity index (χ0n) is 11.3. The molecule has 2 aromatic carbocycles. The molecule has 0 spiro atoms. The number of benzene rings is 2. The number of ether oxygens (including phenoxy) is 3. The van der Waals surface area contributed by atoms with Crippen molar-refractivity contribution in [2.75, 3.05) is 13.2 Å². The van der Waals surface area contributed by atoms with Crippen molar-refractivity contribution in [3.63, 3.8) is 0 Å². The van der Waals surface area contributed by atoms with Gasteiger partial charge in [-0.1, -0.05) is 41.9 Å². The Morgan fingerprint density at radius 1 is 1.14 bits per heavy atom. The maximum absolute atomic E-state index is 10.1. The molecule has 2 aromatic rings. The van der Waals surface area contributed by atoms with Crippen LogP contribution >= 0.6 is 11.6 Å². The van der Waals surface area contributed by atoms with Gasteiger partial charge in [0.15, 0.2) is 6.29 Å². The van der Waals surface area contributed by atoms with Gasteiger partial charge in [0.05, 0.1) is 23.8 Å². The minimum atomic E-state index is -0.564. The van der Waals surface area contributed by atoms with Crippen LogP contribution in [0.5, 0.6) is 11.5 Å². The number of rotatable bonds is 4. The normalized spacial score (nSPS) is 15.3. The second-order valence-corrected chi connectivity index (χ2v) is 5.10. The van der Waals surface area contributed by atoms with Crippen LogP contribution in [0.25, 0.3) is 0 Å². The molecule has 0 unspecified atom stereocenters. The second-order valence-electron chi connectivity index (χ2n) is 4.69. The minimum Gasteiger partial charge on any atom is -0.507 e. The van der Waals surface area contributed by atoms with E-state index in [1.807, 2.05) is 30.3 Å². The summed E-state index contributed by atoms with van der Waals surface area (Å²) in [5.41, 5.74) is 1.55. The summed E-state index contributed by atoms with van der Waals surface area (Å²) in [4.78, 5) is 0. The van der Waals surface area contributed by atoms with Crippen LogP contribution in [0, 0.1) is 0 Å². The quantitative estimate of drug-likeness (QED) is 0.936. The van der Waals surface area contributed by atoms with Gasteiger partial charge >= 0.3 is 0 Å². The number of halogens is 1. The maximum Gasteiger partial charge on any atom is 0.187 e. The Bertz CT molecular complexity index is 609. The number of phenols is 1. The Morgan fingerprint density at radius 2 is 1.86 bits per heavy atom. The van der Waals surface area contributed by atoms with E-state index in [0.717, 1.165) is 5.56 Å². The molecule has 1 aliphatic rings. The van der Waals surface area contributed by atoms with Crippen LogP contribution in [0.4, 0.5) is 0 Å². The Labute approximate surface area is 127 Å². The highest BCUT2D eigenvalue weighted by molar-refractivity contribution is 6.32. The SMILES string of the molecule is Oc1cc(OCc2ccccc2)c(Cl)cc1C1OCCO1. The molecule has 1 heterocycles. The van der Waals surface area contributed by atoms with E-state index in [-0.39, 0.29) is 5.75 Å². The minimum absolute atomic E-state index is 0.0503. The third kappa shape index (κ3) is 3.29. The van der Waals surface area contributed by atoms with Crippen LogP contribution in [0.15, 0.2) is 42.5 Å². The smallest absolute Gasteiger partial charge is 0.187 e. The lowest BCUT2D eigenvalue weighted by atomic mass is 10.2. The van der Waals surface area contributed by atoms with E-state index >= 15 is 0 Å². The molecule has 110 valence electrons. The van der Waals surface area contributed by atoms with Crippen molar-refractivity contribution in [3.05, 3.63) is 58.6 Å². The van der Waals surface area contributed by atoms with Crippen molar-refractivity contribution < 1.29 is 19.3 Å². The molecular weight excluding hydrogens is 292 g/mol. The third-order valence-electron chi connectivity index (χ3n) is 3.19. The monoisotopic (exact) mass is 306 g/mol. The summed E-state index contributed by atoms with van der Waals surface area (Å²) in [5.74, 6) is 0.481. The lowest BCUT2D eigenvalue weighted by Gasteiger charge is -2.14. The van der Waals surface area contributed by atoms with Crippen LogP contribution in [-0.2, 0) is 16.1 Å². The highest BCUT2D eigenvalue weighted by Gasteiger charge is 2.23. The van der Waals surface area contributed by atoms with Gasteiger partial charge in [-0.2, -0.15) is 0 Å². The Morgan fingerprint density at radius 3 is 2.57 bits per heavy atom. The highest BCUT2D eigenvalue weighted by atomic mass is 35.5. The van der Waals surface area contributed by atoms with Gasteiger partial charge in [0, 0.05) is 6.07 Å². The number of aromatic hydroxyl groups is 1. The molecule has 0 radical (unpaired) electrons. The van der Waals surface area contributed by atoms with Gasteiger partial charge in [-0.05, 0) is 11.6 Å². The first-order valence-electron chi connectivity index (χ1n) is 6.66. The standard InChI is InChI=1S/C16H15ClO4/c17-13-8-12(16-19-6-7-20-16)14(18)9-15(13)21-10-11-4-2-1-3-5-11/h1-5,8-9,16,18H,6-7,10H2. The summed E-state index contributed by atoms with van der Waals surface area (Å²) in [6.07, 6.45) is -0.564. The van der Waals surface area contributed by atoms with Gasteiger partial charge in [0.1, 0.15) is 18.1 Å². The van der Waals surface area contributed by atoms with Gasteiger partial charge in [-0.25, -0.2) is 0 Å². The molecular formula is C16H15ClO4. The molecule has 0 bridgehead atoms. The Hall–Kier alpha value is -1.75. The van der Waals surface area contributed by atoms with Crippen LogP contribution in [-0.4, -0.2) is 18.3 Å². The van der Waals surface area contributed by atoms with Gasteiger partial charge in [-0.3, -0.25) is 0 Å². The van der Waals surface area contributed by atoms with Crippen LogP contribution < -0.4 is 4.74 Å². The van der Waals surface area contributed by atoms with Gasteiger partial charge in [-0.15, -0.1) is 0 Å². The molecule has 0 amide bonds. The zero-order valence-corrected chi connectivity index (χ0v) is 12.0. The number of hydrogen-bond acceptors (Lipinski definition) is 4. The summed E-state index contributed by atoms with van der Waals surface area (Å²) in [6.45, 7) is 1.40. The molecule has 1 N–H and O–H groups in total. The van der Waals surface area contributed by atoms with Crippen molar-refractivity contribution >= 4 is 11.6 Å². The molecule has 1 fully saturated rings. The predicted molar refractivity (Wildman–Crippen MR) is 78.5 cm³/mol. The van der Waals surface area contributed by atoms with E-state index < -0.39 is 6.29 Å². The second kappa shape index (κ2) is 6.35. The Balaban J connectivity index is 1.75. The average Bonchev–Trinajstić information content (AvgIpc) is 3.03. The molecule has 0 atom stereocenters. The average molecular weight is 307 g/mol. The summed E-state index contributed by atoms with van der Waals surface area (Å²) < 4.78 is 16.4. The van der Waals surface area contributed by atoms with E-state index in [0.29, 0.717) is 36.2 Å². The van der Waals surface area contributed by atoms with Crippen LogP contribution in [0.3, 0.4) is 0 Å². The molecule has 21 heavy (non-hydrogen) atoms. The molecule has 4 nitrogen and oxygen atoms in total. The van der Waals surface area contributed by atoms with Crippen molar-refractivity contribution in [2.24, 2.45) is 0 Å². The van der Waals surface area contributed by atoms with E-state index in [9.17, 15) is 5.11 Å². The Kier molecular flexibility index (Phi) is 4.29. The van der Waals surface area contributed by atoms with Crippen LogP contribution in [0.2, 0.25) is 5.02 Å². The first-order valence-corrected chi connectivity index (χ1v) is 7.04. The molecule has 0 aliphatic carbocycles. The van der Waals surface area contributed by atoms with Crippen molar-refractivity contribution in [2.45, 2.75) is 12.9 Å². The fraction of sp³-hybridized carbons (Fsp3) is 0.250. The maximum atomic E-state index is 10.1. The summed E-state index contributed by atoms with van der Waals surface area (Å²) >= 11 is 6.20. The highest BCUT2D eigenvalue weighted by Crippen LogP contribution is 2.38. The largest absolute Gasteiger partial charge is 0.507 e. The molecule has 0 saturated carbocycles. The van der Waals surface area contributed by atoms with E-state index in [4.69, 9.17) is 25.8 Å². The molecule has 3 rings (SSSR count). The van der Waals surface area contributed by atoms with E-state index in [1.54, 1.807) is 6.07 Å². The van der Waals surface area contributed by atoms with Gasteiger partial charge in [0.2, 0.25) is 0 Å². The number of phenolic OH excluding ortho intramolecular Hbond substituents is 1. The zero-order chi connectivity index (χ0) is 14.7. The van der Waals surface area contributed by atoms with Gasteiger partial charge < -0.3 is 19.3 Å². The third-order valence-corrected chi connectivity index (χ3v) is 3.49. The molecule has 1 saturated heterocycles. The van der Waals surface area contributed by atoms with Crippen molar-refractivity contribution in [1.29, 1.82) is 0 Å².